The maximum absolute atomic E-state index is 12.7. The van der Waals surface area contributed by atoms with Gasteiger partial charge in [-0.1, -0.05) is 0 Å². The molecule has 4 amide bonds. The van der Waals surface area contributed by atoms with Crippen LogP contribution >= 0.6 is 24.4 Å². The van der Waals surface area contributed by atoms with Crippen molar-refractivity contribution in [2.24, 2.45) is 11.5 Å². The summed E-state index contributed by atoms with van der Waals surface area (Å²) < 4.78 is 0. The van der Waals surface area contributed by atoms with Gasteiger partial charge in [-0.05, 0) is 31.3 Å². The van der Waals surface area contributed by atoms with Crippen LogP contribution in [0.5, 0.6) is 0 Å². The monoisotopic (exact) mass is 509 g/mol. The number of aliphatic carboxylic acids is 2. The second-order valence-corrected chi connectivity index (χ2v) is 8.38. The molecule has 0 fully saturated rings. The number of carboxylic acids is 2. The van der Waals surface area contributed by atoms with E-state index in [9.17, 15) is 33.9 Å². The molecule has 0 bridgehead atoms. The SMILES string of the molecule is CSCCC(N)C(=O)NC(CCC(N)=O)C(=O)NC(CS)C(=O)NC(CCC(=O)O)C(=O)O. The first-order valence-electron chi connectivity index (χ1n) is 9.92. The Balaban J connectivity index is 5.26. The Hall–Kier alpha value is -2.52. The molecule has 0 radical (unpaired) electrons. The highest BCUT2D eigenvalue weighted by molar-refractivity contribution is 7.98. The van der Waals surface area contributed by atoms with Gasteiger partial charge in [0.1, 0.15) is 18.1 Å². The van der Waals surface area contributed by atoms with E-state index < -0.39 is 66.2 Å². The third kappa shape index (κ3) is 12.9. The third-order valence-electron chi connectivity index (χ3n) is 4.36. The Bertz CT molecular complexity index is 724. The summed E-state index contributed by atoms with van der Waals surface area (Å²) in [5, 5.41) is 24.8. The van der Waals surface area contributed by atoms with E-state index in [2.05, 4.69) is 28.6 Å². The molecule has 4 unspecified atom stereocenters. The summed E-state index contributed by atoms with van der Waals surface area (Å²) >= 11 is 5.47. The Morgan fingerprint density at radius 3 is 1.85 bits per heavy atom. The molecule has 0 saturated heterocycles. The highest BCUT2D eigenvalue weighted by Gasteiger charge is 2.30. The first-order chi connectivity index (χ1) is 15.4. The number of amides is 4. The van der Waals surface area contributed by atoms with Gasteiger partial charge in [-0.15, -0.1) is 0 Å². The Kier molecular flexibility index (Phi) is 14.9. The number of hydrogen-bond donors (Lipinski definition) is 8. The number of rotatable bonds is 17. The number of thioether (sulfide) groups is 1. The van der Waals surface area contributed by atoms with E-state index in [0.29, 0.717) is 12.2 Å². The summed E-state index contributed by atoms with van der Waals surface area (Å²) in [6.07, 6.45) is 0.951. The maximum Gasteiger partial charge on any atom is 0.326 e. The van der Waals surface area contributed by atoms with Crippen LogP contribution in [-0.4, -0.2) is 87.7 Å². The lowest BCUT2D eigenvalue weighted by molar-refractivity contribution is -0.143. The van der Waals surface area contributed by atoms with Crippen molar-refractivity contribution < 1.29 is 39.0 Å². The fourth-order valence-electron chi connectivity index (χ4n) is 2.47. The summed E-state index contributed by atoms with van der Waals surface area (Å²) in [5.41, 5.74) is 10.9. The van der Waals surface area contributed by atoms with Crippen LogP contribution in [0.3, 0.4) is 0 Å². The van der Waals surface area contributed by atoms with Gasteiger partial charge in [-0.3, -0.25) is 24.0 Å². The van der Waals surface area contributed by atoms with Gasteiger partial charge in [-0.25, -0.2) is 4.79 Å². The maximum atomic E-state index is 12.7. The van der Waals surface area contributed by atoms with Gasteiger partial charge >= 0.3 is 11.9 Å². The van der Waals surface area contributed by atoms with Crippen LogP contribution in [0.4, 0.5) is 0 Å². The predicted octanol–water partition coefficient (Wildman–Crippen LogP) is -2.33. The van der Waals surface area contributed by atoms with Crippen molar-refractivity contribution in [1.82, 2.24) is 16.0 Å². The zero-order valence-corrected chi connectivity index (χ0v) is 19.8. The quantitative estimate of drug-likeness (QED) is 0.0974. The normalized spacial score (nSPS) is 14.3. The smallest absolute Gasteiger partial charge is 0.326 e. The number of carbonyl (C=O) groups excluding carboxylic acids is 4. The second kappa shape index (κ2) is 16.1. The summed E-state index contributed by atoms with van der Waals surface area (Å²) in [7, 11) is 0. The molecule has 13 nitrogen and oxygen atoms in total. The molecular formula is C18H31N5O8S2. The van der Waals surface area contributed by atoms with Crippen molar-refractivity contribution >= 4 is 60.0 Å². The summed E-state index contributed by atoms with van der Waals surface area (Å²) in [6, 6.07) is -4.92. The molecule has 0 aromatic rings. The molecule has 0 aliphatic rings. The van der Waals surface area contributed by atoms with Crippen LogP contribution in [0, 0.1) is 0 Å². The molecule has 0 saturated carbocycles. The zero-order chi connectivity index (χ0) is 25.6. The molecule has 0 spiro atoms. The number of carbonyl (C=O) groups is 6. The van der Waals surface area contributed by atoms with Crippen molar-refractivity contribution in [3.8, 4) is 0 Å². The largest absolute Gasteiger partial charge is 0.481 e. The average Bonchev–Trinajstić information content (AvgIpc) is 2.74. The molecule has 4 atom stereocenters. The van der Waals surface area contributed by atoms with Crippen LogP contribution in [0.25, 0.3) is 0 Å². The Morgan fingerprint density at radius 2 is 1.36 bits per heavy atom. The van der Waals surface area contributed by atoms with Gasteiger partial charge < -0.3 is 37.6 Å². The molecular weight excluding hydrogens is 478 g/mol. The van der Waals surface area contributed by atoms with Crippen molar-refractivity contribution in [3.05, 3.63) is 0 Å². The van der Waals surface area contributed by atoms with Gasteiger partial charge in [0.25, 0.3) is 0 Å². The van der Waals surface area contributed by atoms with Crippen LogP contribution in [0.2, 0.25) is 0 Å². The fourth-order valence-corrected chi connectivity index (χ4v) is 3.22. The first kappa shape index (κ1) is 30.5. The van der Waals surface area contributed by atoms with Crippen molar-refractivity contribution in [2.45, 2.75) is 56.3 Å². The summed E-state index contributed by atoms with van der Waals surface area (Å²) in [5.74, 6) is -5.37. The Morgan fingerprint density at radius 1 is 0.848 bits per heavy atom. The van der Waals surface area contributed by atoms with Crippen LogP contribution in [0.1, 0.15) is 32.1 Å². The standard InChI is InChI=1S/C18H31N5O8S2/c1-33-7-6-9(19)15(27)21-10(2-4-13(20)24)16(28)23-12(8-32)17(29)22-11(18(30)31)3-5-14(25)26/h9-12,32H,2-8,19H2,1H3,(H2,20,24)(H,21,27)(H,22,29)(H,23,28)(H,25,26)(H,30,31). The summed E-state index contributed by atoms with van der Waals surface area (Å²) in [6.45, 7) is 0. The van der Waals surface area contributed by atoms with Crippen molar-refractivity contribution in [1.29, 1.82) is 0 Å². The minimum absolute atomic E-state index is 0.153. The first-order valence-corrected chi connectivity index (χ1v) is 11.9. The number of thiol groups is 1. The topological polar surface area (TPSA) is 231 Å². The number of primary amides is 1. The van der Waals surface area contributed by atoms with Crippen molar-refractivity contribution in [2.75, 3.05) is 17.8 Å². The van der Waals surface area contributed by atoms with E-state index in [4.69, 9.17) is 16.6 Å². The summed E-state index contributed by atoms with van der Waals surface area (Å²) in [4.78, 5) is 70.5. The van der Waals surface area contributed by atoms with Crippen LogP contribution in [-0.2, 0) is 28.8 Å². The lowest BCUT2D eigenvalue weighted by atomic mass is 10.1. The Labute approximate surface area is 200 Å². The van der Waals surface area contributed by atoms with Gasteiger partial charge in [-0.2, -0.15) is 24.4 Å². The fraction of sp³-hybridized carbons (Fsp3) is 0.667. The highest BCUT2D eigenvalue weighted by Crippen LogP contribution is 2.04. The number of carboxylic acid groups (broad SMARTS) is 2. The van der Waals surface area contributed by atoms with E-state index in [1.54, 1.807) is 0 Å². The minimum Gasteiger partial charge on any atom is -0.481 e. The average molecular weight is 510 g/mol. The zero-order valence-electron chi connectivity index (χ0n) is 18.1. The predicted molar refractivity (Wildman–Crippen MR) is 124 cm³/mol. The number of nitrogens with two attached hydrogens (primary N) is 2. The molecule has 188 valence electrons. The van der Waals surface area contributed by atoms with Crippen LogP contribution < -0.4 is 27.4 Å². The van der Waals surface area contributed by atoms with Crippen LogP contribution in [0.15, 0.2) is 0 Å². The lowest BCUT2D eigenvalue weighted by Crippen LogP contribution is -2.57. The minimum atomic E-state index is -1.49. The number of hydrogen-bond acceptors (Lipinski definition) is 9. The van der Waals surface area contributed by atoms with E-state index in [1.165, 1.54) is 11.8 Å². The molecule has 0 heterocycles. The highest BCUT2D eigenvalue weighted by atomic mass is 32.2. The third-order valence-corrected chi connectivity index (χ3v) is 5.37. The molecule has 0 rings (SSSR count). The molecule has 15 heteroatoms. The second-order valence-electron chi connectivity index (χ2n) is 7.03. The lowest BCUT2D eigenvalue weighted by Gasteiger charge is -2.24. The molecule has 0 aromatic carbocycles. The number of nitrogens with one attached hydrogen (secondary N) is 3. The van der Waals surface area contributed by atoms with Gasteiger partial charge in [0, 0.05) is 18.6 Å². The molecule has 0 aliphatic carbocycles. The molecule has 33 heavy (non-hydrogen) atoms. The van der Waals surface area contributed by atoms with E-state index in [-0.39, 0.29) is 25.0 Å². The van der Waals surface area contributed by atoms with Gasteiger partial charge in [0.2, 0.25) is 23.6 Å². The van der Waals surface area contributed by atoms with E-state index in [0.717, 1.165) is 0 Å². The van der Waals surface area contributed by atoms with Gasteiger partial charge in [0.15, 0.2) is 0 Å². The van der Waals surface area contributed by atoms with Gasteiger partial charge in [0.05, 0.1) is 6.04 Å². The van der Waals surface area contributed by atoms with E-state index >= 15 is 0 Å². The van der Waals surface area contributed by atoms with E-state index in [1.807, 2.05) is 6.26 Å². The molecule has 0 aromatic heterocycles. The molecule has 9 N–H and O–H groups in total. The van der Waals surface area contributed by atoms with Crippen molar-refractivity contribution in [3.63, 3.8) is 0 Å². The molecule has 0 aliphatic heterocycles.